The van der Waals surface area contributed by atoms with E-state index in [9.17, 15) is 40.2 Å². The fourth-order valence-corrected chi connectivity index (χ4v) is 2.96. The van der Waals surface area contributed by atoms with Crippen molar-refractivity contribution in [3.8, 4) is 34.5 Å². The fraction of sp³-hybridized carbons (Fsp3) is 0.333. The lowest BCUT2D eigenvalue weighted by Gasteiger charge is -2.07. The number of hydrogen-bond acceptors (Lipinski definition) is 8. The van der Waals surface area contributed by atoms with Gasteiger partial charge in [0.15, 0.2) is 34.6 Å². The third-order valence-corrected chi connectivity index (χ3v) is 4.67. The van der Waals surface area contributed by atoms with Crippen molar-refractivity contribution in [1.82, 2.24) is 0 Å². The van der Waals surface area contributed by atoms with E-state index in [-0.39, 0.29) is 35.5 Å². The van der Waals surface area contributed by atoms with E-state index in [1.54, 1.807) is 0 Å². The van der Waals surface area contributed by atoms with Gasteiger partial charge in [0, 0.05) is 12.8 Å². The number of benzene rings is 2. The summed E-state index contributed by atoms with van der Waals surface area (Å²) in [4.78, 5) is 24.2. The number of unbranched alkanes of at least 4 members (excludes halogenated alkanes) is 4. The highest BCUT2D eigenvalue weighted by atomic mass is 16.3. The maximum Gasteiger partial charge on any atom is 0.201 e. The van der Waals surface area contributed by atoms with Crippen LogP contribution in [-0.2, 0) is 0 Å². The molecule has 0 amide bonds. The number of Topliss-reactive ketones (excluding diaryl/α,β-unsaturated/α-hetero) is 2. The summed E-state index contributed by atoms with van der Waals surface area (Å²) in [6.45, 7) is 0. The predicted octanol–water partition coefficient (Wildman–Crippen LogP) is 3.72. The van der Waals surface area contributed by atoms with Crippen LogP contribution in [0.2, 0.25) is 0 Å². The minimum absolute atomic E-state index is 0.0390. The average Bonchev–Trinajstić information content (AvgIpc) is 2.69. The number of carbonyl (C=O) groups excluding carboxylic acids is 2. The van der Waals surface area contributed by atoms with Gasteiger partial charge in [0.1, 0.15) is 0 Å². The van der Waals surface area contributed by atoms with Gasteiger partial charge < -0.3 is 30.6 Å². The van der Waals surface area contributed by atoms with Crippen LogP contribution in [0.15, 0.2) is 24.3 Å². The Morgan fingerprint density at radius 1 is 0.517 bits per heavy atom. The molecule has 0 fully saturated rings. The molecule has 0 radical (unpaired) electrons. The van der Waals surface area contributed by atoms with Crippen LogP contribution in [0.1, 0.15) is 65.7 Å². The van der Waals surface area contributed by atoms with E-state index < -0.39 is 34.5 Å². The maximum atomic E-state index is 12.1. The van der Waals surface area contributed by atoms with Crippen LogP contribution >= 0.6 is 0 Å². The van der Waals surface area contributed by atoms with Gasteiger partial charge in [-0.1, -0.05) is 19.3 Å². The van der Waals surface area contributed by atoms with Crippen molar-refractivity contribution in [3.05, 3.63) is 35.4 Å². The number of aromatic hydroxyl groups is 6. The summed E-state index contributed by atoms with van der Waals surface area (Å²) in [7, 11) is 0. The summed E-state index contributed by atoms with van der Waals surface area (Å²) in [6.07, 6.45) is 3.74. The van der Waals surface area contributed by atoms with E-state index in [1.165, 1.54) is 12.1 Å². The van der Waals surface area contributed by atoms with Crippen LogP contribution in [0.4, 0.5) is 0 Å². The fourth-order valence-electron chi connectivity index (χ4n) is 2.96. The maximum absolute atomic E-state index is 12.1. The molecule has 0 heterocycles. The third kappa shape index (κ3) is 5.31. The largest absolute Gasteiger partial charge is 0.504 e. The van der Waals surface area contributed by atoms with Crippen molar-refractivity contribution < 1.29 is 40.2 Å². The first-order valence-electron chi connectivity index (χ1n) is 9.28. The van der Waals surface area contributed by atoms with Gasteiger partial charge in [0.25, 0.3) is 0 Å². The van der Waals surface area contributed by atoms with E-state index in [0.29, 0.717) is 12.8 Å². The Morgan fingerprint density at radius 3 is 1.24 bits per heavy atom. The highest BCUT2D eigenvalue weighted by Crippen LogP contribution is 2.38. The van der Waals surface area contributed by atoms with Crippen molar-refractivity contribution >= 4 is 11.6 Å². The Morgan fingerprint density at radius 2 is 0.862 bits per heavy atom. The molecule has 0 aromatic heterocycles. The summed E-state index contributed by atoms with van der Waals surface area (Å²) < 4.78 is 0. The number of rotatable bonds is 10. The highest BCUT2D eigenvalue weighted by molar-refractivity contribution is 6.00. The molecule has 0 spiro atoms. The molecule has 0 saturated carbocycles. The minimum atomic E-state index is -0.714. The second kappa shape index (κ2) is 9.68. The van der Waals surface area contributed by atoms with Gasteiger partial charge >= 0.3 is 0 Å². The standard InChI is InChI=1S/C21H24O8/c22-14(12-8-10-16(24)20(28)18(12)26)6-4-2-1-3-5-7-15(23)13-9-11-17(25)21(29)19(13)27/h8-11,24-29H,1-7H2. The molecule has 8 nitrogen and oxygen atoms in total. The zero-order chi connectivity index (χ0) is 21.6. The van der Waals surface area contributed by atoms with Crippen LogP contribution in [0.5, 0.6) is 34.5 Å². The van der Waals surface area contributed by atoms with Crippen LogP contribution in [0.3, 0.4) is 0 Å². The zero-order valence-electron chi connectivity index (χ0n) is 15.8. The first-order chi connectivity index (χ1) is 13.7. The second-order valence-electron chi connectivity index (χ2n) is 6.77. The Balaban J connectivity index is 1.69. The normalized spacial score (nSPS) is 10.8. The Kier molecular flexibility index (Phi) is 7.30. The van der Waals surface area contributed by atoms with Gasteiger partial charge in [0.2, 0.25) is 11.5 Å². The number of ketones is 2. The van der Waals surface area contributed by atoms with E-state index in [2.05, 4.69) is 0 Å². The molecule has 0 saturated heterocycles. The molecular weight excluding hydrogens is 380 g/mol. The van der Waals surface area contributed by atoms with E-state index in [4.69, 9.17) is 0 Å². The van der Waals surface area contributed by atoms with E-state index in [0.717, 1.165) is 31.4 Å². The molecule has 29 heavy (non-hydrogen) atoms. The topological polar surface area (TPSA) is 156 Å². The first kappa shape index (κ1) is 21.9. The van der Waals surface area contributed by atoms with Gasteiger partial charge in [0.05, 0.1) is 11.1 Å². The highest BCUT2D eigenvalue weighted by Gasteiger charge is 2.18. The van der Waals surface area contributed by atoms with Gasteiger partial charge in [-0.3, -0.25) is 9.59 Å². The van der Waals surface area contributed by atoms with Crippen LogP contribution in [-0.4, -0.2) is 42.2 Å². The molecule has 156 valence electrons. The van der Waals surface area contributed by atoms with Crippen molar-refractivity contribution in [2.75, 3.05) is 0 Å². The zero-order valence-corrected chi connectivity index (χ0v) is 15.8. The number of phenolic OH excluding ortho intramolecular Hbond substituents is 6. The Labute approximate surface area is 167 Å². The lowest BCUT2D eigenvalue weighted by Crippen LogP contribution is -2.00. The van der Waals surface area contributed by atoms with Crippen molar-refractivity contribution in [2.45, 2.75) is 44.9 Å². The molecule has 8 heteroatoms. The molecule has 0 aliphatic carbocycles. The SMILES string of the molecule is O=C(CCCCCCCC(=O)c1ccc(O)c(O)c1O)c1ccc(O)c(O)c1O. The molecule has 0 aliphatic rings. The summed E-state index contributed by atoms with van der Waals surface area (Å²) >= 11 is 0. The second-order valence-corrected chi connectivity index (χ2v) is 6.77. The molecule has 2 aromatic rings. The summed E-state index contributed by atoms with van der Waals surface area (Å²) in [5, 5.41) is 56.9. The molecule has 0 aliphatic heterocycles. The molecule has 0 atom stereocenters. The molecular formula is C21H24O8. The molecule has 0 unspecified atom stereocenters. The smallest absolute Gasteiger partial charge is 0.201 e. The lowest BCUT2D eigenvalue weighted by molar-refractivity contribution is 0.0970. The predicted molar refractivity (Wildman–Crippen MR) is 104 cm³/mol. The summed E-state index contributed by atoms with van der Waals surface area (Å²) in [5.41, 5.74) is -0.0780. The monoisotopic (exact) mass is 404 g/mol. The summed E-state index contributed by atoms with van der Waals surface area (Å²) in [5.74, 6) is -4.35. The van der Waals surface area contributed by atoms with E-state index >= 15 is 0 Å². The number of phenols is 6. The van der Waals surface area contributed by atoms with Gasteiger partial charge in [-0.2, -0.15) is 0 Å². The molecule has 6 N–H and O–H groups in total. The quantitative estimate of drug-likeness (QED) is 0.199. The van der Waals surface area contributed by atoms with Gasteiger partial charge in [-0.05, 0) is 37.1 Å². The summed E-state index contributed by atoms with van der Waals surface area (Å²) in [6, 6.07) is 4.81. The van der Waals surface area contributed by atoms with E-state index in [1.807, 2.05) is 0 Å². The van der Waals surface area contributed by atoms with Crippen molar-refractivity contribution in [2.24, 2.45) is 0 Å². The third-order valence-electron chi connectivity index (χ3n) is 4.67. The van der Waals surface area contributed by atoms with Gasteiger partial charge in [-0.15, -0.1) is 0 Å². The van der Waals surface area contributed by atoms with Crippen LogP contribution < -0.4 is 0 Å². The van der Waals surface area contributed by atoms with Crippen molar-refractivity contribution in [1.29, 1.82) is 0 Å². The number of hydrogen-bond donors (Lipinski definition) is 6. The van der Waals surface area contributed by atoms with Crippen LogP contribution in [0.25, 0.3) is 0 Å². The average molecular weight is 404 g/mol. The lowest BCUT2D eigenvalue weighted by atomic mass is 10.0. The van der Waals surface area contributed by atoms with Crippen molar-refractivity contribution in [3.63, 3.8) is 0 Å². The molecule has 0 bridgehead atoms. The van der Waals surface area contributed by atoms with Crippen LogP contribution in [0, 0.1) is 0 Å². The first-order valence-corrected chi connectivity index (χ1v) is 9.28. The number of carbonyl (C=O) groups is 2. The molecule has 2 rings (SSSR count). The van der Waals surface area contributed by atoms with Gasteiger partial charge in [-0.25, -0.2) is 0 Å². The molecule has 2 aromatic carbocycles. The minimum Gasteiger partial charge on any atom is -0.504 e. The Bertz CT molecular complexity index is 831. The Hall–Kier alpha value is -3.42.